The summed E-state index contributed by atoms with van der Waals surface area (Å²) in [7, 11) is 0. The second-order valence-electron chi connectivity index (χ2n) is 5.41. The van der Waals surface area contributed by atoms with Gasteiger partial charge in [-0.3, -0.25) is 0 Å². The van der Waals surface area contributed by atoms with Gasteiger partial charge in [0, 0.05) is 22.1 Å². The Morgan fingerprint density at radius 2 is 2.11 bits per heavy atom. The highest BCUT2D eigenvalue weighted by Crippen LogP contribution is 2.24. The first-order chi connectivity index (χ1) is 8.31. The number of ether oxygens (including phenoxy) is 1. The van der Waals surface area contributed by atoms with E-state index in [1.54, 1.807) is 6.08 Å². The molecule has 0 amide bonds. The van der Waals surface area contributed by atoms with E-state index >= 15 is 0 Å². The van der Waals surface area contributed by atoms with Crippen molar-refractivity contribution in [2.24, 2.45) is 0 Å². The molecule has 1 aromatic carbocycles. The molecule has 0 radical (unpaired) electrons. The van der Waals surface area contributed by atoms with E-state index in [-0.39, 0.29) is 11.6 Å². The number of benzene rings is 1. The number of hydrogen-bond donors (Lipinski definition) is 1. The highest BCUT2D eigenvalue weighted by molar-refractivity contribution is 9.10. The third kappa shape index (κ3) is 5.23. The third-order valence-electron chi connectivity index (χ3n) is 2.48. The summed E-state index contributed by atoms with van der Waals surface area (Å²) in [5.41, 5.74) is 1.23. The maximum absolute atomic E-state index is 5.84. The van der Waals surface area contributed by atoms with Crippen LogP contribution in [0.25, 0.3) is 0 Å². The van der Waals surface area contributed by atoms with E-state index in [1.807, 2.05) is 19.1 Å². The van der Waals surface area contributed by atoms with E-state index in [2.05, 4.69) is 54.7 Å². The summed E-state index contributed by atoms with van der Waals surface area (Å²) in [5.74, 6) is 0.905. The van der Waals surface area contributed by atoms with Crippen molar-refractivity contribution in [3.63, 3.8) is 0 Å². The van der Waals surface area contributed by atoms with E-state index in [9.17, 15) is 0 Å². The molecule has 18 heavy (non-hydrogen) atoms. The first-order valence-corrected chi connectivity index (χ1v) is 6.94. The van der Waals surface area contributed by atoms with Crippen LogP contribution in [0.15, 0.2) is 35.3 Å². The highest BCUT2D eigenvalue weighted by atomic mass is 79.9. The molecule has 0 saturated carbocycles. The zero-order valence-corrected chi connectivity index (χ0v) is 13.2. The molecule has 1 N–H and O–H groups in total. The van der Waals surface area contributed by atoms with Gasteiger partial charge < -0.3 is 10.1 Å². The maximum atomic E-state index is 5.84. The van der Waals surface area contributed by atoms with Crippen LogP contribution >= 0.6 is 15.9 Å². The van der Waals surface area contributed by atoms with Crippen LogP contribution in [0.2, 0.25) is 0 Å². The summed E-state index contributed by atoms with van der Waals surface area (Å²) in [4.78, 5) is 0. The smallest absolute Gasteiger partial charge is 0.124 e. The number of nitrogens with one attached hydrogen (secondary N) is 1. The lowest BCUT2D eigenvalue weighted by Gasteiger charge is -2.22. The van der Waals surface area contributed by atoms with E-state index < -0.39 is 0 Å². The van der Waals surface area contributed by atoms with Crippen molar-refractivity contribution in [2.45, 2.75) is 45.9 Å². The molecule has 0 bridgehead atoms. The monoisotopic (exact) mass is 311 g/mol. The minimum atomic E-state index is 0.0135. The highest BCUT2D eigenvalue weighted by Gasteiger charge is 2.12. The molecular formula is C15H22BrNO. The van der Waals surface area contributed by atoms with Gasteiger partial charge >= 0.3 is 0 Å². The van der Waals surface area contributed by atoms with Crippen molar-refractivity contribution < 1.29 is 4.74 Å². The zero-order chi connectivity index (χ0) is 13.8. The fourth-order valence-corrected chi connectivity index (χ4v) is 1.82. The van der Waals surface area contributed by atoms with Gasteiger partial charge in [-0.1, -0.05) is 28.6 Å². The average molecular weight is 312 g/mol. The zero-order valence-electron chi connectivity index (χ0n) is 11.6. The minimum absolute atomic E-state index is 0.0135. The van der Waals surface area contributed by atoms with Crippen molar-refractivity contribution in [3.8, 4) is 5.75 Å². The molecular weight excluding hydrogens is 290 g/mol. The molecule has 1 rings (SSSR count). The summed E-state index contributed by atoms with van der Waals surface area (Å²) >= 11 is 3.50. The van der Waals surface area contributed by atoms with Gasteiger partial charge in [0.2, 0.25) is 0 Å². The second-order valence-corrected chi connectivity index (χ2v) is 6.33. The van der Waals surface area contributed by atoms with Crippen LogP contribution in [0, 0.1) is 0 Å². The third-order valence-corrected chi connectivity index (χ3v) is 2.97. The molecule has 3 heteroatoms. The molecule has 0 fully saturated rings. The predicted octanol–water partition coefficient (Wildman–Crippen LogP) is 4.29. The number of rotatable bonds is 5. The van der Waals surface area contributed by atoms with Crippen LogP contribution in [-0.4, -0.2) is 11.6 Å². The molecule has 100 valence electrons. The second kappa shape index (κ2) is 6.39. The minimum Gasteiger partial charge on any atom is -0.486 e. The van der Waals surface area contributed by atoms with Gasteiger partial charge in [0.1, 0.15) is 11.9 Å². The molecule has 0 aromatic heterocycles. The summed E-state index contributed by atoms with van der Waals surface area (Å²) < 4.78 is 6.90. The molecule has 1 aromatic rings. The van der Waals surface area contributed by atoms with Crippen LogP contribution in [0.3, 0.4) is 0 Å². The maximum Gasteiger partial charge on any atom is 0.124 e. The van der Waals surface area contributed by atoms with Crippen molar-refractivity contribution in [3.05, 3.63) is 40.9 Å². The Balaban J connectivity index is 2.86. The van der Waals surface area contributed by atoms with E-state index in [0.29, 0.717) is 0 Å². The fraction of sp³-hybridized carbons (Fsp3) is 0.467. The lowest BCUT2D eigenvalue weighted by atomic mass is 10.1. The van der Waals surface area contributed by atoms with Crippen LogP contribution in [0.4, 0.5) is 0 Å². The van der Waals surface area contributed by atoms with Gasteiger partial charge in [-0.15, -0.1) is 0 Å². The van der Waals surface area contributed by atoms with E-state index in [0.717, 1.165) is 22.3 Å². The molecule has 0 saturated heterocycles. The summed E-state index contributed by atoms with van der Waals surface area (Å²) in [6.07, 6.45) is 1.81. The molecule has 1 atom stereocenters. The van der Waals surface area contributed by atoms with Gasteiger partial charge in [-0.25, -0.2) is 0 Å². The van der Waals surface area contributed by atoms with Gasteiger partial charge in [-0.05, 0) is 45.9 Å². The molecule has 0 aliphatic heterocycles. The molecule has 0 heterocycles. The molecule has 0 aliphatic carbocycles. The largest absolute Gasteiger partial charge is 0.486 e. The topological polar surface area (TPSA) is 21.3 Å². The summed E-state index contributed by atoms with van der Waals surface area (Å²) in [6.45, 7) is 13.0. The predicted molar refractivity (Wildman–Crippen MR) is 81.0 cm³/mol. The first-order valence-electron chi connectivity index (χ1n) is 6.14. The van der Waals surface area contributed by atoms with Crippen LogP contribution < -0.4 is 10.1 Å². The van der Waals surface area contributed by atoms with Crippen LogP contribution in [0.5, 0.6) is 5.75 Å². The van der Waals surface area contributed by atoms with Crippen molar-refractivity contribution in [1.29, 1.82) is 0 Å². The molecule has 0 aliphatic rings. The summed E-state index contributed by atoms with van der Waals surface area (Å²) in [6, 6.07) is 6.07. The van der Waals surface area contributed by atoms with Crippen LogP contribution in [-0.2, 0) is 6.54 Å². The molecule has 1 unspecified atom stereocenters. The Kier molecular flexibility index (Phi) is 5.42. The Morgan fingerprint density at radius 1 is 1.44 bits per heavy atom. The van der Waals surface area contributed by atoms with Crippen molar-refractivity contribution in [2.75, 3.05) is 0 Å². The van der Waals surface area contributed by atoms with Gasteiger partial charge in [-0.2, -0.15) is 0 Å². The summed E-state index contributed by atoms with van der Waals surface area (Å²) in [5, 5.41) is 3.47. The van der Waals surface area contributed by atoms with Gasteiger partial charge in [0.05, 0.1) is 0 Å². The average Bonchev–Trinajstić information content (AvgIpc) is 2.28. The Labute approximate surface area is 119 Å². The van der Waals surface area contributed by atoms with Gasteiger partial charge in [0.25, 0.3) is 0 Å². The standard InChI is InChI=1S/C15H22BrNO/c1-6-11(2)18-14-8-7-13(16)9-12(14)10-17-15(3,4)5/h6-9,11,17H,1,10H2,2-5H3. The van der Waals surface area contributed by atoms with Gasteiger partial charge in [0.15, 0.2) is 0 Å². The normalized spacial score (nSPS) is 13.2. The molecule has 0 spiro atoms. The number of hydrogen-bond acceptors (Lipinski definition) is 2. The fourth-order valence-electron chi connectivity index (χ4n) is 1.41. The lowest BCUT2D eigenvalue weighted by Crippen LogP contribution is -2.35. The first kappa shape index (κ1) is 15.3. The quantitative estimate of drug-likeness (QED) is 0.819. The van der Waals surface area contributed by atoms with Crippen molar-refractivity contribution >= 4 is 15.9 Å². The van der Waals surface area contributed by atoms with Crippen LogP contribution in [0.1, 0.15) is 33.3 Å². The van der Waals surface area contributed by atoms with E-state index in [4.69, 9.17) is 4.74 Å². The lowest BCUT2D eigenvalue weighted by molar-refractivity contribution is 0.265. The van der Waals surface area contributed by atoms with Crippen molar-refractivity contribution in [1.82, 2.24) is 5.32 Å². The SMILES string of the molecule is C=CC(C)Oc1ccc(Br)cc1CNC(C)(C)C. The Morgan fingerprint density at radius 3 is 2.67 bits per heavy atom. The van der Waals surface area contributed by atoms with E-state index in [1.165, 1.54) is 0 Å². The Hall–Kier alpha value is -0.800. The molecule has 2 nitrogen and oxygen atoms in total. The number of halogens is 1. The Bertz CT molecular complexity index is 409.